The van der Waals surface area contributed by atoms with Crippen molar-refractivity contribution in [2.24, 2.45) is 0 Å². The summed E-state index contributed by atoms with van der Waals surface area (Å²) < 4.78 is 12.1. The summed E-state index contributed by atoms with van der Waals surface area (Å²) in [6, 6.07) is 0. The van der Waals surface area contributed by atoms with E-state index >= 15 is 0 Å². The van der Waals surface area contributed by atoms with Crippen LogP contribution in [0.1, 0.15) is 48.0 Å². The first-order chi connectivity index (χ1) is 8.71. The van der Waals surface area contributed by atoms with Gasteiger partial charge in [0.1, 0.15) is 0 Å². The lowest BCUT2D eigenvalue weighted by molar-refractivity contribution is 0.293. The van der Waals surface area contributed by atoms with E-state index in [9.17, 15) is 0 Å². The molecular formula is C16H36O2Si2. The van der Waals surface area contributed by atoms with Gasteiger partial charge in [-0.1, -0.05) is 41.5 Å². The summed E-state index contributed by atoms with van der Waals surface area (Å²) in [4.78, 5) is 0. The molecule has 0 aromatic carbocycles. The molecule has 0 atom stereocenters. The Morgan fingerprint density at radius 1 is 0.800 bits per heavy atom. The van der Waals surface area contributed by atoms with E-state index in [1.165, 1.54) is 0 Å². The van der Waals surface area contributed by atoms with Crippen molar-refractivity contribution in [3.8, 4) is 0 Å². The third kappa shape index (κ3) is 6.14. The fraction of sp³-hybridized carbons (Fsp3) is 0.875. The van der Waals surface area contributed by atoms with Crippen LogP contribution in [0.2, 0.25) is 36.3 Å². The van der Waals surface area contributed by atoms with E-state index in [1.54, 1.807) is 0 Å². The van der Waals surface area contributed by atoms with Crippen molar-refractivity contribution >= 4 is 16.6 Å². The summed E-state index contributed by atoms with van der Waals surface area (Å²) in [7, 11) is -3.25. The van der Waals surface area contributed by atoms with Crippen molar-refractivity contribution in [2.75, 3.05) is 6.61 Å². The number of hydrogen-bond donors (Lipinski definition) is 0. The lowest BCUT2D eigenvalue weighted by Gasteiger charge is -2.36. The lowest BCUT2D eigenvalue weighted by atomic mass is 10.2. The smallest absolute Gasteiger partial charge is 0.249 e. The SMILES string of the molecule is CC(C)(C)[Si](C)(C)OC=CCCO[Si](C)(C)C(C)(C)C. The van der Waals surface area contributed by atoms with E-state index < -0.39 is 16.6 Å². The van der Waals surface area contributed by atoms with Gasteiger partial charge in [0.25, 0.3) is 0 Å². The second kappa shape index (κ2) is 6.80. The monoisotopic (exact) mass is 316 g/mol. The van der Waals surface area contributed by atoms with Gasteiger partial charge >= 0.3 is 0 Å². The molecule has 0 aliphatic rings. The first kappa shape index (κ1) is 19.9. The molecule has 2 nitrogen and oxygen atoms in total. The summed E-state index contributed by atoms with van der Waals surface area (Å²) in [5, 5.41) is 0.545. The first-order valence-corrected chi connectivity index (χ1v) is 13.5. The molecular weight excluding hydrogens is 280 g/mol. The average Bonchev–Trinajstić information content (AvgIpc) is 2.19. The van der Waals surface area contributed by atoms with Gasteiger partial charge in [-0.3, -0.25) is 0 Å². The van der Waals surface area contributed by atoms with E-state index in [1.807, 2.05) is 6.26 Å². The maximum absolute atomic E-state index is 6.14. The summed E-state index contributed by atoms with van der Waals surface area (Å²) >= 11 is 0. The zero-order valence-electron chi connectivity index (χ0n) is 15.4. The Hall–Kier alpha value is -0.0662. The van der Waals surface area contributed by atoms with Crippen LogP contribution in [0.15, 0.2) is 12.3 Å². The maximum atomic E-state index is 6.14. The highest BCUT2D eigenvalue weighted by Gasteiger charge is 2.38. The molecule has 0 heterocycles. The van der Waals surface area contributed by atoms with Gasteiger partial charge in [-0.05, 0) is 48.8 Å². The van der Waals surface area contributed by atoms with Crippen LogP contribution < -0.4 is 0 Å². The van der Waals surface area contributed by atoms with Gasteiger partial charge in [-0.15, -0.1) is 0 Å². The molecule has 20 heavy (non-hydrogen) atoms. The Bertz CT molecular complexity index is 320. The Kier molecular flexibility index (Phi) is 6.77. The fourth-order valence-corrected chi connectivity index (χ4v) is 2.91. The molecule has 4 heteroatoms. The van der Waals surface area contributed by atoms with Crippen LogP contribution in [-0.2, 0) is 8.85 Å². The van der Waals surface area contributed by atoms with Gasteiger partial charge in [-0.25, -0.2) is 0 Å². The molecule has 0 N–H and O–H groups in total. The van der Waals surface area contributed by atoms with Crippen LogP contribution in [0, 0.1) is 0 Å². The zero-order valence-corrected chi connectivity index (χ0v) is 17.4. The highest BCUT2D eigenvalue weighted by Crippen LogP contribution is 2.37. The third-order valence-corrected chi connectivity index (χ3v) is 13.7. The molecule has 120 valence electrons. The van der Waals surface area contributed by atoms with Crippen LogP contribution in [0.5, 0.6) is 0 Å². The Labute approximate surface area is 129 Å². The molecule has 0 radical (unpaired) electrons. The normalized spacial score (nSPS) is 14.9. The first-order valence-electron chi connectivity index (χ1n) is 7.67. The molecule has 0 aliphatic heterocycles. The van der Waals surface area contributed by atoms with Crippen LogP contribution in [0.25, 0.3) is 0 Å². The van der Waals surface area contributed by atoms with Gasteiger partial charge < -0.3 is 8.85 Å². The number of rotatable bonds is 6. The Morgan fingerprint density at radius 2 is 1.25 bits per heavy atom. The highest BCUT2D eigenvalue weighted by molar-refractivity contribution is 6.74. The largest absolute Gasteiger partial charge is 0.549 e. The van der Waals surface area contributed by atoms with Crippen molar-refractivity contribution < 1.29 is 8.85 Å². The van der Waals surface area contributed by atoms with Crippen molar-refractivity contribution in [2.45, 2.75) is 84.2 Å². The van der Waals surface area contributed by atoms with Gasteiger partial charge in [0.2, 0.25) is 8.32 Å². The minimum absolute atomic E-state index is 0.259. The van der Waals surface area contributed by atoms with Gasteiger partial charge in [0, 0.05) is 6.61 Å². The quantitative estimate of drug-likeness (QED) is 0.343. The molecule has 0 bridgehead atoms. The Balaban J connectivity index is 4.13. The summed E-state index contributed by atoms with van der Waals surface area (Å²) in [5.74, 6) is 0. The average molecular weight is 317 g/mol. The summed E-state index contributed by atoms with van der Waals surface area (Å²) in [6.45, 7) is 23.5. The van der Waals surface area contributed by atoms with Crippen molar-refractivity contribution in [3.05, 3.63) is 12.3 Å². The predicted octanol–water partition coefficient (Wildman–Crippen LogP) is 5.93. The van der Waals surface area contributed by atoms with E-state index in [4.69, 9.17) is 8.85 Å². The number of hydrogen-bond acceptors (Lipinski definition) is 2. The van der Waals surface area contributed by atoms with Crippen molar-refractivity contribution in [1.82, 2.24) is 0 Å². The fourth-order valence-electron chi connectivity index (χ4n) is 1.06. The maximum Gasteiger partial charge on any atom is 0.249 e. The highest BCUT2D eigenvalue weighted by atomic mass is 28.4. The molecule has 0 fully saturated rings. The molecule has 0 spiro atoms. The topological polar surface area (TPSA) is 18.5 Å². The standard InChI is InChI=1S/C16H36O2Si2/c1-15(2,3)19(7,8)17-13-11-12-14-18-20(9,10)16(4,5)6/h11,13H,12,14H2,1-10H3. The second-order valence-electron chi connectivity index (χ2n) is 8.65. The van der Waals surface area contributed by atoms with Crippen LogP contribution in [0.3, 0.4) is 0 Å². The van der Waals surface area contributed by atoms with E-state index in [-0.39, 0.29) is 10.1 Å². The Morgan fingerprint density at radius 3 is 1.65 bits per heavy atom. The second-order valence-corrected chi connectivity index (χ2v) is 18.2. The van der Waals surface area contributed by atoms with Gasteiger partial charge in [0.15, 0.2) is 8.32 Å². The third-order valence-electron chi connectivity index (χ3n) is 4.82. The molecule has 0 saturated carbocycles. The van der Waals surface area contributed by atoms with E-state index in [0.29, 0.717) is 0 Å². The minimum Gasteiger partial charge on any atom is -0.549 e. The lowest BCUT2D eigenvalue weighted by Crippen LogP contribution is -2.40. The van der Waals surface area contributed by atoms with Gasteiger partial charge in [0.05, 0.1) is 6.26 Å². The van der Waals surface area contributed by atoms with Crippen LogP contribution in [-0.4, -0.2) is 23.2 Å². The zero-order chi connectivity index (χ0) is 16.2. The van der Waals surface area contributed by atoms with E-state index in [0.717, 1.165) is 13.0 Å². The van der Waals surface area contributed by atoms with Gasteiger partial charge in [-0.2, -0.15) is 0 Å². The minimum atomic E-state index is -1.65. The molecule has 0 unspecified atom stereocenters. The summed E-state index contributed by atoms with van der Waals surface area (Å²) in [5.41, 5.74) is 0. The molecule has 0 aliphatic carbocycles. The molecule has 0 rings (SSSR count). The van der Waals surface area contributed by atoms with Crippen molar-refractivity contribution in [3.63, 3.8) is 0 Å². The van der Waals surface area contributed by atoms with Crippen LogP contribution >= 0.6 is 0 Å². The van der Waals surface area contributed by atoms with Crippen molar-refractivity contribution in [1.29, 1.82) is 0 Å². The van der Waals surface area contributed by atoms with Crippen LogP contribution in [0.4, 0.5) is 0 Å². The summed E-state index contributed by atoms with van der Waals surface area (Å²) in [6.07, 6.45) is 4.93. The molecule has 0 saturated heterocycles. The molecule has 0 aromatic heterocycles. The molecule has 0 amide bonds. The molecule has 0 aromatic rings. The van der Waals surface area contributed by atoms with E-state index in [2.05, 4.69) is 73.8 Å². The predicted molar refractivity (Wildman–Crippen MR) is 95.2 cm³/mol.